The lowest BCUT2D eigenvalue weighted by molar-refractivity contribution is -0.154. The highest BCUT2D eigenvalue weighted by molar-refractivity contribution is 7.47. The minimum atomic E-state index is -4.29. The maximum atomic E-state index is 12.6. The van der Waals surface area contributed by atoms with Gasteiger partial charge in [0.2, 0.25) is 0 Å². The summed E-state index contributed by atoms with van der Waals surface area (Å²) in [6.45, 7) is 4.83. The highest BCUT2D eigenvalue weighted by Crippen LogP contribution is 2.43. The van der Waals surface area contributed by atoms with E-state index in [1.165, 1.54) is 103 Å². The Morgan fingerprint density at radius 1 is 0.556 bits per heavy atom. The SMILES string of the molecule is CCCCCCC=CCCCCCCCC(=O)OC(COCCCCCCCCC=CC=CC=CC=CCCCCCCCC)COP(=O)(O)OCCN. The molecule has 0 aliphatic carbocycles. The zero-order valence-corrected chi connectivity index (χ0v) is 35.6. The molecule has 0 rings (SSSR count). The molecule has 0 spiro atoms. The molecule has 0 fully saturated rings. The van der Waals surface area contributed by atoms with Crippen molar-refractivity contribution in [3.05, 3.63) is 60.8 Å². The van der Waals surface area contributed by atoms with Crippen molar-refractivity contribution in [2.45, 2.75) is 187 Å². The van der Waals surface area contributed by atoms with E-state index in [2.05, 4.69) is 74.6 Å². The van der Waals surface area contributed by atoms with Crippen LogP contribution in [0.15, 0.2) is 60.8 Å². The van der Waals surface area contributed by atoms with E-state index in [0.29, 0.717) is 13.0 Å². The number of hydrogen-bond donors (Lipinski definition) is 2. The smallest absolute Gasteiger partial charge is 0.457 e. The molecule has 9 heteroatoms. The molecule has 8 nitrogen and oxygen atoms in total. The second-order valence-electron chi connectivity index (χ2n) is 14.3. The summed E-state index contributed by atoms with van der Waals surface area (Å²) in [7, 11) is -4.29. The third-order valence-electron chi connectivity index (χ3n) is 9.00. The van der Waals surface area contributed by atoms with Gasteiger partial charge in [0.1, 0.15) is 6.10 Å². The minimum Gasteiger partial charge on any atom is -0.457 e. The number of carbonyl (C=O) groups is 1. The van der Waals surface area contributed by atoms with E-state index in [-0.39, 0.29) is 32.3 Å². The van der Waals surface area contributed by atoms with Crippen LogP contribution in [-0.4, -0.2) is 49.9 Å². The van der Waals surface area contributed by atoms with E-state index < -0.39 is 13.9 Å². The first-order valence-electron chi connectivity index (χ1n) is 21.8. The van der Waals surface area contributed by atoms with E-state index in [9.17, 15) is 14.3 Å². The number of unbranched alkanes of at least 4 members (excludes halogenated alkanes) is 21. The number of rotatable bonds is 41. The number of ether oxygens (including phenoxy) is 2. The van der Waals surface area contributed by atoms with Crippen LogP contribution >= 0.6 is 7.82 Å². The van der Waals surface area contributed by atoms with Gasteiger partial charge in [-0.25, -0.2) is 4.57 Å². The molecule has 3 N–H and O–H groups in total. The normalized spacial score (nSPS) is 14.1. The van der Waals surface area contributed by atoms with E-state index in [1.807, 2.05) is 0 Å². The molecule has 0 aromatic heterocycles. The Kier molecular flexibility index (Phi) is 40.9. The van der Waals surface area contributed by atoms with Crippen LogP contribution in [0.2, 0.25) is 0 Å². The first-order valence-corrected chi connectivity index (χ1v) is 23.3. The van der Waals surface area contributed by atoms with Gasteiger partial charge in [-0.15, -0.1) is 0 Å². The average molecular weight is 780 g/mol. The van der Waals surface area contributed by atoms with Gasteiger partial charge in [-0.05, 0) is 64.2 Å². The van der Waals surface area contributed by atoms with Crippen LogP contribution in [0, 0.1) is 0 Å². The molecule has 0 bridgehead atoms. The van der Waals surface area contributed by atoms with Gasteiger partial charge in [-0.3, -0.25) is 13.8 Å². The first kappa shape index (κ1) is 52.2. The van der Waals surface area contributed by atoms with Crippen molar-refractivity contribution in [3.63, 3.8) is 0 Å². The number of phosphoric ester groups is 1. The van der Waals surface area contributed by atoms with Crippen LogP contribution in [0.3, 0.4) is 0 Å². The molecule has 0 heterocycles. The molecule has 0 aliphatic heterocycles. The summed E-state index contributed by atoms with van der Waals surface area (Å²) in [4.78, 5) is 22.4. The molecule has 2 unspecified atom stereocenters. The van der Waals surface area contributed by atoms with Gasteiger partial charge in [0.25, 0.3) is 0 Å². The fourth-order valence-electron chi connectivity index (χ4n) is 5.77. The van der Waals surface area contributed by atoms with E-state index in [4.69, 9.17) is 24.3 Å². The van der Waals surface area contributed by atoms with E-state index in [1.54, 1.807) is 0 Å². The monoisotopic (exact) mass is 780 g/mol. The molecular weight excluding hydrogens is 697 g/mol. The Bertz CT molecular complexity index is 1010. The molecule has 0 radical (unpaired) electrons. The highest BCUT2D eigenvalue weighted by atomic mass is 31.2. The summed E-state index contributed by atoms with van der Waals surface area (Å²) in [6.07, 6.45) is 50.9. The molecule has 0 saturated carbocycles. The number of carbonyl (C=O) groups excluding carboxylic acids is 1. The van der Waals surface area contributed by atoms with Crippen LogP contribution in [0.4, 0.5) is 0 Å². The van der Waals surface area contributed by atoms with Gasteiger partial charge >= 0.3 is 13.8 Å². The van der Waals surface area contributed by atoms with E-state index in [0.717, 1.165) is 57.8 Å². The number of hydrogen-bond acceptors (Lipinski definition) is 7. The lowest BCUT2D eigenvalue weighted by atomic mass is 10.1. The molecule has 0 aromatic carbocycles. The molecule has 314 valence electrons. The second-order valence-corrected chi connectivity index (χ2v) is 15.7. The Morgan fingerprint density at radius 2 is 1.00 bits per heavy atom. The largest absolute Gasteiger partial charge is 0.472 e. The zero-order valence-electron chi connectivity index (χ0n) is 34.7. The summed E-state index contributed by atoms with van der Waals surface area (Å²) in [6, 6.07) is 0. The van der Waals surface area contributed by atoms with Crippen LogP contribution in [0.5, 0.6) is 0 Å². The summed E-state index contributed by atoms with van der Waals surface area (Å²) in [5, 5.41) is 0. The molecule has 2 atom stereocenters. The third-order valence-corrected chi connectivity index (χ3v) is 9.99. The molecular formula is C45H82NO7P. The summed E-state index contributed by atoms with van der Waals surface area (Å²) in [5.74, 6) is -0.349. The van der Waals surface area contributed by atoms with Crippen LogP contribution < -0.4 is 5.73 Å². The maximum Gasteiger partial charge on any atom is 0.472 e. The van der Waals surface area contributed by atoms with Gasteiger partial charge in [0, 0.05) is 19.6 Å². The molecule has 0 amide bonds. The average Bonchev–Trinajstić information content (AvgIpc) is 3.16. The lowest BCUT2D eigenvalue weighted by Gasteiger charge is -2.20. The van der Waals surface area contributed by atoms with Gasteiger partial charge in [-0.2, -0.15) is 0 Å². The van der Waals surface area contributed by atoms with Crippen molar-refractivity contribution in [3.8, 4) is 0 Å². The molecule has 0 aromatic rings. The lowest BCUT2D eigenvalue weighted by Crippen LogP contribution is -2.28. The number of allylic oxidation sites excluding steroid dienone is 10. The van der Waals surface area contributed by atoms with Crippen molar-refractivity contribution in [1.82, 2.24) is 0 Å². The maximum absolute atomic E-state index is 12.6. The van der Waals surface area contributed by atoms with Crippen LogP contribution in [0.25, 0.3) is 0 Å². The van der Waals surface area contributed by atoms with Crippen LogP contribution in [0.1, 0.15) is 181 Å². The number of nitrogens with two attached hydrogens (primary N) is 1. The van der Waals surface area contributed by atoms with Crippen molar-refractivity contribution < 1.29 is 32.8 Å². The molecule has 54 heavy (non-hydrogen) atoms. The second kappa shape index (κ2) is 42.3. The summed E-state index contributed by atoms with van der Waals surface area (Å²) >= 11 is 0. The fourth-order valence-corrected chi connectivity index (χ4v) is 6.53. The molecule has 0 saturated heterocycles. The highest BCUT2D eigenvalue weighted by Gasteiger charge is 2.25. The predicted molar refractivity (Wildman–Crippen MR) is 229 cm³/mol. The van der Waals surface area contributed by atoms with Gasteiger partial charge in [0.05, 0.1) is 19.8 Å². The van der Waals surface area contributed by atoms with Crippen molar-refractivity contribution in [2.24, 2.45) is 5.73 Å². The topological polar surface area (TPSA) is 117 Å². The Hall–Kier alpha value is -1.80. The number of phosphoric acid groups is 1. The Morgan fingerprint density at radius 3 is 1.54 bits per heavy atom. The van der Waals surface area contributed by atoms with Gasteiger partial charge < -0.3 is 20.1 Å². The van der Waals surface area contributed by atoms with E-state index >= 15 is 0 Å². The Labute approximate surface area is 332 Å². The minimum absolute atomic E-state index is 0.0930. The summed E-state index contributed by atoms with van der Waals surface area (Å²) < 4.78 is 33.4. The third kappa shape index (κ3) is 41.4. The predicted octanol–water partition coefficient (Wildman–Crippen LogP) is 13.0. The summed E-state index contributed by atoms with van der Waals surface area (Å²) in [5.41, 5.74) is 5.36. The molecule has 0 aliphatic rings. The van der Waals surface area contributed by atoms with Crippen molar-refractivity contribution >= 4 is 13.8 Å². The zero-order chi connectivity index (χ0) is 39.5. The van der Waals surface area contributed by atoms with Crippen molar-refractivity contribution in [2.75, 3.05) is 33.0 Å². The van der Waals surface area contributed by atoms with Gasteiger partial charge in [0.15, 0.2) is 0 Å². The van der Waals surface area contributed by atoms with Gasteiger partial charge in [-0.1, -0.05) is 171 Å². The van der Waals surface area contributed by atoms with Crippen LogP contribution in [-0.2, 0) is 27.9 Å². The number of esters is 1. The standard InChI is InChI=1S/C45H82NO7P/c1-3-5-7-9-11-13-15-17-18-19-20-21-22-23-24-25-27-29-31-33-35-37-40-50-42-44(43-52-54(48,49)51-41-39-46)53-45(47)38-36-34-32-30-28-26-16-14-12-10-8-6-4-2/h14,16-24,44H,3-13,15,25-43,46H2,1-2H3,(H,48,49). The fraction of sp³-hybridized carbons (Fsp3) is 0.756. The quantitative estimate of drug-likeness (QED) is 0.0207. The first-order chi connectivity index (χ1) is 26.4. The van der Waals surface area contributed by atoms with Crippen molar-refractivity contribution in [1.29, 1.82) is 0 Å². The Balaban J connectivity index is 4.08.